The molecule has 0 bridgehead atoms. The number of thioether (sulfide) groups is 1. The van der Waals surface area contributed by atoms with Crippen molar-refractivity contribution in [2.45, 2.75) is 57.6 Å². The van der Waals surface area contributed by atoms with Crippen molar-refractivity contribution >= 4 is 40.3 Å². The lowest BCUT2D eigenvalue weighted by atomic mass is 9.85. The summed E-state index contributed by atoms with van der Waals surface area (Å²) in [5.74, 6) is 0.656. The lowest BCUT2D eigenvalue weighted by Gasteiger charge is -2.39. The summed E-state index contributed by atoms with van der Waals surface area (Å²) in [5.41, 5.74) is 5.74. The van der Waals surface area contributed by atoms with Gasteiger partial charge in [0.1, 0.15) is 0 Å². The summed E-state index contributed by atoms with van der Waals surface area (Å²) in [6, 6.07) is 29.7. The number of amides is 1. The molecule has 1 aliphatic heterocycles. The highest BCUT2D eigenvalue weighted by Crippen LogP contribution is 2.43. The van der Waals surface area contributed by atoms with Gasteiger partial charge in [-0.3, -0.25) is 4.79 Å². The van der Waals surface area contributed by atoms with Crippen LogP contribution in [0.3, 0.4) is 0 Å². The van der Waals surface area contributed by atoms with Crippen molar-refractivity contribution in [3.05, 3.63) is 107 Å². The Hall–Kier alpha value is -3.44. The van der Waals surface area contributed by atoms with Gasteiger partial charge in [-0.2, -0.15) is 0 Å². The fourth-order valence-corrected chi connectivity index (χ4v) is 7.30. The highest BCUT2D eigenvalue weighted by molar-refractivity contribution is 8.05. The molecule has 2 fully saturated rings. The summed E-state index contributed by atoms with van der Waals surface area (Å²) in [5, 5.41) is 4.86. The first kappa shape index (κ1) is 24.9. The van der Waals surface area contributed by atoms with E-state index in [9.17, 15) is 4.79 Å². The first-order valence-corrected chi connectivity index (χ1v) is 14.6. The van der Waals surface area contributed by atoms with Crippen LogP contribution >= 0.6 is 11.8 Å². The van der Waals surface area contributed by atoms with E-state index in [0.29, 0.717) is 5.92 Å². The summed E-state index contributed by atoms with van der Waals surface area (Å²) in [7, 11) is 0. The fourth-order valence-electron chi connectivity index (χ4n) is 6.11. The second kappa shape index (κ2) is 10.7. The number of carbonyl (C=O) groups excluding carboxylic acids is 1. The molecule has 1 saturated carbocycles. The van der Waals surface area contributed by atoms with E-state index in [1.165, 1.54) is 41.4 Å². The predicted molar refractivity (Wildman–Crippen MR) is 160 cm³/mol. The molecule has 6 rings (SSSR count). The predicted octanol–water partition coefficient (Wildman–Crippen LogP) is 7.89. The number of hydrogen-bond acceptors (Lipinski definition) is 3. The van der Waals surface area contributed by atoms with Gasteiger partial charge in [0.05, 0.1) is 4.91 Å². The number of para-hydroxylation sites is 2. The number of nitrogens with one attached hydrogen (secondary N) is 1. The summed E-state index contributed by atoms with van der Waals surface area (Å²) in [6.45, 7) is 5.30. The summed E-state index contributed by atoms with van der Waals surface area (Å²) >= 11 is 1.66. The first-order valence-electron chi connectivity index (χ1n) is 13.7. The fraction of sp³-hybridized carbons (Fsp3) is 0.303. The van der Waals surface area contributed by atoms with Gasteiger partial charge in [-0.25, -0.2) is 0 Å². The van der Waals surface area contributed by atoms with Crippen molar-refractivity contribution in [1.82, 2.24) is 9.47 Å². The van der Waals surface area contributed by atoms with Crippen LogP contribution in [0, 0.1) is 12.8 Å². The van der Waals surface area contributed by atoms with Crippen molar-refractivity contribution < 1.29 is 4.79 Å². The number of aromatic nitrogens is 1. The summed E-state index contributed by atoms with van der Waals surface area (Å²) < 4.78 is 2.38. The van der Waals surface area contributed by atoms with Crippen LogP contribution < -0.4 is 5.32 Å². The normalized spacial score (nSPS) is 22.9. The van der Waals surface area contributed by atoms with Crippen LogP contribution in [0.1, 0.15) is 49.4 Å². The van der Waals surface area contributed by atoms with Crippen molar-refractivity contribution in [1.29, 1.82) is 0 Å². The van der Waals surface area contributed by atoms with Crippen molar-refractivity contribution in [2.24, 2.45) is 5.92 Å². The van der Waals surface area contributed by atoms with E-state index in [-0.39, 0.29) is 17.4 Å². The zero-order valence-electron chi connectivity index (χ0n) is 22.1. The molecule has 3 atom stereocenters. The number of nitrogens with zero attached hydrogens (tertiary/aromatic N) is 2. The van der Waals surface area contributed by atoms with Crippen molar-refractivity contribution in [2.75, 3.05) is 5.32 Å². The third-order valence-electron chi connectivity index (χ3n) is 8.16. The SMILES string of the molecule is Cc1c(/C=C2\SC(Nc3ccccc3)N([C@H]3CCCC[C@H]3C)C2=O)c2ccccc2n1Cc1ccccc1. The molecule has 0 radical (unpaired) electrons. The summed E-state index contributed by atoms with van der Waals surface area (Å²) in [4.78, 5) is 17.1. The van der Waals surface area contributed by atoms with Crippen LogP contribution in [0.2, 0.25) is 0 Å². The van der Waals surface area contributed by atoms with Crippen LogP contribution in [-0.2, 0) is 11.3 Å². The zero-order valence-corrected chi connectivity index (χ0v) is 23.0. The van der Waals surface area contributed by atoms with Gasteiger partial charge in [-0.15, -0.1) is 0 Å². The monoisotopic (exact) mass is 521 g/mol. The number of hydrogen-bond donors (Lipinski definition) is 1. The Labute approximate surface area is 229 Å². The Bertz CT molecular complexity index is 1460. The lowest BCUT2D eigenvalue weighted by molar-refractivity contribution is -0.129. The minimum Gasteiger partial charge on any atom is -0.356 e. The van der Waals surface area contributed by atoms with Gasteiger partial charge in [-0.1, -0.05) is 98.3 Å². The summed E-state index contributed by atoms with van der Waals surface area (Å²) in [6.07, 6.45) is 6.85. The Balaban J connectivity index is 1.39. The van der Waals surface area contributed by atoms with Crippen LogP contribution in [0.25, 0.3) is 17.0 Å². The number of fused-ring (bicyclic) bond motifs is 1. The van der Waals surface area contributed by atoms with E-state index in [4.69, 9.17) is 0 Å². The number of benzene rings is 3. The number of anilines is 1. The highest BCUT2D eigenvalue weighted by Gasteiger charge is 2.43. The topological polar surface area (TPSA) is 37.3 Å². The van der Waals surface area contributed by atoms with Gasteiger partial charge >= 0.3 is 0 Å². The molecule has 0 spiro atoms. The molecule has 38 heavy (non-hydrogen) atoms. The highest BCUT2D eigenvalue weighted by atomic mass is 32.2. The Kier molecular flexibility index (Phi) is 7.03. The first-order chi connectivity index (χ1) is 18.6. The van der Waals surface area contributed by atoms with Crippen LogP contribution in [0.15, 0.2) is 89.8 Å². The van der Waals surface area contributed by atoms with E-state index in [1.807, 2.05) is 18.2 Å². The molecule has 1 N–H and O–H groups in total. The van der Waals surface area contributed by atoms with Gasteiger partial charge in [0, 0.05) is 40.4 Å². The second-order valence-corrected chi connectivity index (χ2v) is 11.7. The van der Waals surface area contributed by atoms with E-state index >= 15 is 0 Å². The standard InChI is InChI=1S/C33H35N3OS/c1-23-13-9-11-19-29(23)36-32(37)31(38-33(36)34-26-16-7-4-8-17-26)21-28-24(2)35(22-25-14-5-3-6-15-25)30-20-12-10-18-27(28)30/h3-8,10,12,14-18,20-21,23,29,33-34H,9,11,13,19,22H2,1-2H3/b31-21-/t23-,29+,33?/m1/s1. The molecule has 194 valence electrons. The average molecular weight is 522 g/mol. The van der Waals surface area contributed by atoms with E-state index in [0.717, 1.165) is 29.1 Å². The average Bonchev–Trinajstić information content (AvgIpc) is 3.39. The third kappa shape index (κ3) is 4.76. The molecule has 1 amide bonds. The van der Waals surface area contributed by atoms with Crippen LogP contribution in [-0.4, -0.2) is 26.9 Å². The van der Waals surface area contributed by atoms with Gasteiger partial charge in [0.25, 0.3) is 5.91 Å². The molecule has 2 heterocycles. The van der Waals surface area contributed by atoms with Gasteiger partial charge < -0.3 is 14.8 Å². The third-order valence-corrected chi connectivity index (χ3v) is 9.28. The van der Waals surface area contributed by atoms with Gasteiger partial charge in [0.2, 0.25) is 0 Å². The minimum absolute atomic E-state index is 0.111. The zero-order chi connectivity index (χ0) is 26.1. The quantitative estimate of drug-likeness (QED) is 0.262. The molecule has 4 aromatic rings. The number of carbonyl (C=O) groups is 1. The van der Waals surface area contributed by atoms with E-state index in [1.54, 1.807) is 11.8 Å². The molecule has 4 nitrogen and oxygen atoms in total. The maximum absolute atomic E-state index is 14.1. The molecule has 1 aromatic heterocycles. The lowest BCUT2D eigenvalue weighted by Crippen LogP contribution is -2.48. The molecule has 3 aromatic carbocycles. The molecule has 5 heteroatoms. The Morgan fingerprint density at radius 2 is 1.61 bits per heavy atom. The van der Waals surface area contributed by atoms with Crippen LogP contribution in [0.5, 0.6) is 0 Å². The van der Waals surface area contributed by atoms with E-state index in [2.05, 4.69) is 101 Å². The van der Waals surface area contributed by atoms with E-state index < -0.39 is 0 Å². The molecule has 1 saturated heterocycles. The number of rotatable bonds is 6. The molecular formula is C33H35N3OS. The molecule has 2 aliphatic rings. The van der Waals surface area contributed by atoms with Crippen molar-refractivity contribution in [3.8, 4) is 0 Å². The molecular weight excluding hydrogens is 486 g/mol. The smallest absolute Gasteiger partial charge is 0.262 e. The Morgan fingerprint density at radius 3 is 2.37 bits per heavy atom. The second-order valence-electron chi connectivity index (χ2n) is 10.6. The Morgan fingerprint density at radius 1 is 0.921 bits per heavy atom. The maximum Gasteiger partial charge on any atom is 0.262 e. The van der Waals surface area contributed by atoms with Crippen molar-refractivity contribution in [3.63, 3.8) is 0 Å². The molecule has 1 unspecified atom stereocenters. The largest absolute Gasteiger partial charge is 0.356 e. The van der Waals surface area contributed by atoms with Gasteiger partial charge in [0.15, 0.2) is 5.50 Å². The molecule has 1 aliphatic carbocycles. The minimum atomic E-state index is -0.111. The maximum atomic E-state index is 14.1. The van der Waals surface area contributed by atoms with Gasteiger partial charge in [-0.05, 0) is 55.5 Å². The van der Waals surface area contributed by atoms with Crippen LogP contribution in [0.4, 0.5) is 5.69 Å².